The number of benzene rings is 1. The highest BCUT2D eigenvalue weighted by Crippen LogP contribution is 2.38. The SMILES string of the molecule is CCCCCCCC(=O)N[C@H](CC1CC(OCCC)C1)[C@H](O)c1ccc2c(c1)OCCO2. The smallest absolute Gasteiger partial charge is 0.220 e. The molecule has 180 valence electrons. The number of hydrogen-bond acceptors (Lipinski definition) is 5. The summed E-state index contributed by atoms with van der Waals surface area (Å²) >= 11 is 0. The van der Waals surface area contributed by atoms with Gasteiger partial charge in [-0.1, -0.05) is 45.6 Å². The van der Waals surface area contributed by atoms with Gasteiger partial charge in [0.05, 0.1) is 18.2 Å². The molecule has 3 rings (SSSR count). The zero-order chi connectivity index (χ0) is 22.8. The average molecular weight is 448 g/mol. The maximum atomic E-state index is 12.7. The minimum Gasteiger partial charge on any atom is -0.486 e. The molecule has 2 atom stereocenters. The summed E-state index contributed by atoms with van der Waals surface area (Å²) < 4.78 is 17.1. The van der Waals surface area contributed by atoms with E-state index in [1.54, 1.807) is 0 Å². The van der Waals surface area contributed by atoms with Gasteiger partial charge in [0.15, 0.2) is 11.5 Å². The summed E-state index contributed by atoms with van der Waals surface area (Å²) in [5.74, 6) is 1.85. The van der Waals surface area contributed by atoms with Crippen molar-refractivity contribution in [3.05, 3.63) is 23.8 Å². The number of aliphatic hydroxyl groups excluding tert-OH is 1. The van der Waals surface area contributed by atoms with Gasteiger partial charge < -0.3 is 24.6 Å². The average Bonchev–Trinajstić information content (AvgIpc) is 2.78. The molecular weight excluding hydrogens is 406 g/mol. The Morgan fingerprint density at radius 3 is 2.59 bits per heavy atom. The maximum Gasteiger partial charge on any atom is 0.220 e. The quantitative estimate of drug-likeness (QED) is 0.395. The van der Waals surface area contributed by atoms with Crippen molar-refractivity contribution in [1.29, 1.82) is 0 Å². The summed E-state index contributed by atoms with van der Waals surface area (Å²) in [5, 5.41) is 14.3. The van der Waals surface area contributed by atoms with Crippen LogP contribution in [-0.4, -0.2) is 43.0 Å². The molecule has 1 aromatic carbocycles. The van der Waals surface area contributed by atoms with Crippen LogP contribution in [0.25, 0.3) is 0 Å². The molecule has 1 fully saturated rings. The number of carbonyl (C=O) groups excluding carboxylic acids is 1. The van der Waals surface area contributed by atoms with Crippen LogP contribution in [0.15, 0.2) is 18.2 Å². The fourth-order valence-electron chi connectivity index (χ4n) is 4.56. The predicted molar refractivity (Wildman–Crippen MR) is 125 cm³/mol. The molecule has 32 heavy (non-hydrogen) atoms. The molecule has 1 heterocycles. The summed E-state index contributed by atoms with van der Waals surface area (Å²) in [4.78, 5) is 12.7. The van der Waals surface area contributed by atoms with Crippen LogP contribution in [0.3, 0.4) is 0 Å². The van der Waals surface area contributed by atoms with Gasteiger partial charge in [0.1, 0.15) is 13.2 Å². The Morgan fingerprint density at radius 1 is 1.09 bits per heavy atom. The number of nitrogens with one attached hydrogen (secondary N) is 1. The molecule has 0 spiro atoms. The molecule has 1 aliphatic carbocycles. The lowest BCUT2D eigenvalue weighted by molar-refractivity contribution is -0.123. The minimum absolute atomic E-state index is 0.0289. The fraction of sp³-hybridized carbons (Fsp3) is 0.731. The van der Waals surface area contributed by atoms with Crippen LogP contribution in [0.1, 0.15) is 89.7 Å². The van der Waals surface area contributed by atoms with E-state index >= 15 is 0 Å². The summed E-state index contributed by atoms with van der Waals surface area (Å²) in [6, 6.07) is 5.24. The lowest BCUT2D eigenvalue weighted by Gasteiger charge is -2.38. The Balaban J connectivity index is 1.58. The van der Waals surface area contributed by atoms with Crippen molar-refractivity contribution < 1.29 is 24.1 Å². The number of fused-ring (bicyclic) bond motifs is 1. The van der Waals surface area contributed by atoms with Crippen molar-refractivity contribution in [2.45, 2.75) is 96.3 Å². The third-order valence-corrected chi connectivity index (χ3v) is 6.48. The first-order valence-electron chi connectivity index (χ1n) is 12.6. The minimum atomic E-state index is -0.787. The van der Waals surface area contributed by atoms with Crippen LogP contribution in [0.5, 0.6) is 11.5 Å². The topological polar surface area (TPSA) is 77.0 Å². The molecule has 6 nitrogen and oxygen atoms in total. The van der Waals surface area contributed by atoms with Gasteiger partial charge in [0.25, 0.3) is 0 Å². The molecule has 1 saturated carbocycles. The molecular formula is C26H41NO5. The van der Waals surface area contributed by atoms with Crippen LogP contribution in [0.2, 0.25) is 0 Å². The molecule has 0 radical (unpaired) electrons. The van der Waals surface area contributed by atoms with Gasteiger partial charge in [0.2, 0.25) is 5.91 Å². The number of aliphatic hydroxyl groups is 1. The molecule has 2 aliphatic rings. The van der Waals surface area contributed by atoms with E-state index in [4.69, 9.17) is 14.2 Å². The molecule has 6 heteroatoms. The highest BCUT2D eigenvalue weighted by Gasteiger charge is 2.34. The lowest BCUT2D eigenvalue weighted by atomic mass is 9.77. The second-order valence-corrected chi connectivity index (χ2v) is 9.25. The van der Waals surface area contributed by atoms with Gasteiger partial charge >= 0.3 is 0 Å². The van der Waals surface area contributed by atoms with Crippen LogP contribution in [0.4, 0.5) is 0 Å². The van der Waals surface area contributed by atoms with Crippen molar-refractivity contribution in [2.75, 3.05) is 19.8 Å². The molecule has 0 bridgehead atoms. The molecule has 0 unspecified atom stereocenters. The van der Waals surface area contributed by atoms with Crippen molar-refractivity contribution >= 4 is 5.91 Å². The van der Waals surface area contributed by atoms with Gasteiger partial charge in [-0.3, -0.25) is 4.79 Å². The van der Waals surface area contributed by atoms with E-state index in [2.05, 4.69) is 19.2 Å². The van der Waals surface area contributed by atoms with E-state index in [9.17, 15) is 9.90 Å². The highest BCUT2D eigenvalue weighted by molar-refractivity contribution is 5.76. The summed E-state index contributed by atoms with van der Waals surface area (Å²) in [6.45, 7) is 6.15. The van der Waals surface area contributed by atoms with Crippen molar-refractivity contribution in [3.8, 4) is 11.5 Å². The molecule has 1 aromatic rings. The van der Waals surface area contributed by atoms with Gasteiger partial charge in [-0.2, -0.15) is 0 Å². The van der Waals surface area contributed by atoms with Crippen molar-refractivity contribution in [1.82, 2.24) is 5.32 Å². The maximum absolute atomic E-state index is 12.7. The van der Waals surface area contributed by atoms with E-state index in [0.29, 0.717) is 43.2 Å². The molecule has 0 saturated heterocycles. The van der Waals surface area contributed by atoms with Crippen molar-refractivity contribution in [2.24, 2.45) is 5.92 Å². The van der Waals surface area contributed by atoms with Gasteiger partial charge in [-0.15, -0.1) is 0 Å². The number of hydrogen-bond donors (Lipinski definition) is 2. The van der Waals surface area contributed by atoms with E-state index in [1.807, 2.05) is 18.2 Å². The summed E-state index contributed by atoms with van der Waals surface area (Å²) in [7, 11) is 0. The van der Waals surface area contributed by atoms with Gasteiger partial charge in [-0.25, -0.2) is 0 Å². The zero-order valence-corrected chi connectivity index (χ0v) is 19.8. The lowest BCUT2D eigenvalue weighted by Crippen LogP contribution is -2.43. The second kappa shape index (κ2) is 13.0. The number of amides is 1. The number of carbonyl (C=O) groups is 1. The Hall–Kier alpha value is -1.79. The normalized spacial score (nSPS) is 21.5. The molecule has 0 aromatic heterocycles. The van der Waals surface area contributed by atoms with Crippen LogP contribution in [-0.2, 0) is 9.53 Å². The first-order valence-corrected chi connectivity index (χ1v) is 12.6. The molecule has 1 amide bonds. The Kier molecular flexibility index (Phi) is 10.1. The molecule has 2 N–H and O–H groups in total. The predicted octanol–water partition coefficient (Wildman–Crippen LogP) is 4.93. The first-order chi connectivity index (χ1) is 15.6. The Bertz CT molecular complexity index is 703. The zero-order valence-electron chi connectivity index (χ0n) is 19.8. The third kappa shape index (κ3) is 7.38. The third-order valence-electron chi connectivity index (χ3n) is 6.48. The highest BCUT2D eigenvalue weighted by atomic mass is 16.6. The van der Waals surface area contributed by atoms with Crippen LogP contribution < -0.4 is 14.8 Å². The number of unbranched alkanes of at least 4 members (excludes halogenated alkanes) is 4. The Labute approximate surface area is 193 Å². The van der Waals surface area contributed by atoms with Crippen LogP contribution in [0, 0.1) is 5.92 Å². The monoisotopic (exact) mass is 447 g/mol. The number of rotatable bonds is 14. The standard InChI is InChI=1S/C26H41NO5/c1-3-5-6-7-8-9-25(28)27-22(17-19-15-21(16-19)30-12-4-2)26(29)20-10-11-23-24(18-20)32-14-13-31-23/h10-11,18-19,21-22,26,29H,3-9,12-17H2,1-2H3,(H,27,28)/t19?,21?,22-,26-/m1/s1. The van der Waals surface area contributed by atoms with Crippen LogP contribution >= 0.6 is 0 Å². The first kappa shape index (κ1) is 24.8. The van der Waals surface area contributed by atoms with Crippen molar-refractivity contribution in [3.63, 3.8) is 0 Å². The second-order valence-electron chi connectivity index (χ2n) is 9.25. The summed E-state index contributed by atoms with van der Waals surface area (Å²) in [5.41, 5.74) is 0.751. The van der Waals surface area contributed by atoms with E-state index in [0.717, 1.165) is 50.7 Å². The largest absolute Gasteiger partial charge is 0.486 e. The summed E-state index contributed by atoms with van der Waals surface area (Å²) in [6.07, 6.45) is 9.39. The van der Waals surface area contributed by atoms with E-state index in [-0.39, 0.29) is 11.9 Å². The van der Waals surface area contributed by atoms with Gasteiger partial charge in [-0.05, 0) is 55.7 Å². The number of ether oxygens (including phenoxy) is 3. The van der Waals surface area contributed by atoms with E-state index in [1.165, 1.54) is 19.3 Å². The Morgan fingerprint density at radius 2 is 1.84 bits per heavy atom. The van der Waals surface area contributed by atoms with Gasteiger partial charge in [0, 0.05) is 13.0 Å². The fourth-order valence-corrected chi connectivity index (χ4v) is 4.56. The van der Waals surface area contributed by atoms with E-state index < -0.39 is 6.10 Å². The molecule has 1 aliphatic heterocycles.